The van der Waals surface area contributed by atoms with Gasteiger partial charge in [-0.2, -0.15) is 5.10 Å². The van der Waals surface area contributed by atoms with E-state index >= 15 is 0 Å². The fourth-order valence-corrected chi connectivity index (χ4v) is 4.20. The fraction of sp³-hybridized carbons (Fsp3) is 0.0357. The van der Waals surface area contributed by atoms with Crippen molar-refractivity contribution in [2.75, 3.05) is 0 Å². The van der Waals surface area contributed by atoms with E-state index in [0.29, 0.717) is 17.3 Å². The molecule has 0 bridgehead atoms. The highest BCUT2D eigenvalue weighted by Crippen LogP contribution is 2.35. The van der Waals surface area contributed by atoms with Crippen molar-refractivity contribution < 1.29 is 10.7 Å². The molecule has 2 aromatic carbocycles. The molecule has 35 heavy (non-hydrogen) atoms. The van der Waals surface area contributed by atoms with Gasteiger partial charge in [-0.3, -0.25) is 10.1 Å². The van der Waals surface area contributed by atoms with Crippen molar-refractivity contribution in [2.45, 2.75) is 6.54 Å². The summed E-state index contributed by atoms with van der Waals surface area (Å²) in [5.41, 5.74) is 11.7. The van der Waals surface area contributed by atoms with Crippen LogP contribution in [0.1, 0.15) is 5.56 Å². The number of hydrogen-bond donors (Lipinski definition) is 2. The number of pyridine rings is 3. The lowest BCUT2D eigenvalue weighted by Gasteiger charge is -2.13. The first kappa shape index (κ1) is 20.8. The number of rotatable bonds is 5. The maximum Gasteiger partial charge on any atom is 0.187 e. The Morgan fingerprint density at radius 3 is 2.40 bits per heavy atom. The minimum absolute atomic E-state index is 0.600. The highest BCUT2D eigenvalue weighted by atomic mass is 15.2. The molecule has 0 aliphatic rings. The first-order chi connectivity index (χ1) is 17.3. The van der Waals surface area contributed by atoms with Gasteiger partial charge >= 0.3 is 0 Å². The second-order valence-electron chi connectivity index (χ2n) is 8.22. The maximum atomic E-state index is 5.11. The standard InChI is InChI=1S/C28H21N7/c29-16-18-8-10-20(11-9-18)25-22(19-5-2-1-3-6-19)15-23-24(32-25)12-14-31-26(23)28-33-27(34-35-28)21-7-4-13-30-17-21/h1-15,17H,16,29H2,(H,33,34,35)/p+2. The van der Waals surface area contributed by atoms with Crippen molar-refractivity contribution in [1.29, 1.82) is 0 Å². The number of hydrogen-bond acceptors (Lipinski definition) is 4. The molecule has 0 atom stereocenters. The Hall–Kier alpha value is -4.75. The zero-order valence-electron chi connectivity index (χ0n) is 18.9. The van der Waals surface area contributed by atoms with Gasteiger partial charge < -0.3 is 5.73 Å². The van der Waals surface area contributed by atoms with Crippen molar-refractivity contribution in [3.63, 3.8) is 0 Å². The van der Waals surface area contributed by atoms with Gasteiger partial charge in [0, 0.05) is 34.3 Å². The van der Waals surface area contributed by atoms with Crippen LogP contribution in [0.4, 0.5) is 0 Å². The minimum Gasteiger partial charge on any atom is -0.354 e. The molecule has 5 N–H and O–H groups in total. The van der Waals surface area contributed by atoms with E-state index in [1.807, 2.05) is 48.8 Å². The van der Waals surface area contributed by atoms with Gasteiger partial charge in [0.05, 0.1) is 23.3 Å². The minimum atomic E-state index is 0.600. The number of nitrogens with one attached hydrogen (secondary N) is 2. The highest BCUT2D eigenvalue weighted by Gasteiger charge is 2.17. The van der Waals surface area contributed by atoms with Crippen LogP contribution < -0.4 is 10.7 Å². The summed E-state index contributed by atoms with van der Waals surface area (Å²) in [7, 11) is 0. The first-order valence-corrected chi connectivity index (χ1v) is 11.4. The average molecular weight is 458 g/mol. The van der Waals surface area contributed by atoms with Crippen LogP contribution in [0.15, 0.2) is 97.5 Å². The summed E-state index contributed by atoms with van der Waals surface area (Å²) in [5.74, 6) is 1.21. The van der Waals surface area contributed by atoms with E-state index in [4.69, 9.17) is 9.97 Å². The summed E-state index contributed by atoms with van der Waals surface area (Å²) in [4.78, 5) is 17.6. The molecule has 4 aromatic heterocycles. The Balaban J connectivity index is 1.54. The number of aromatic amines is 2. The largest absolute Gasteiger partial charge is 0.354 e. The summed E-state index contributed by atoms with van der Waals surface area (Å²) in [6.07, 6.45) is 5.48. The Labute approximate surface area is 201 Å². The summed E-state index contributed by atoms with van der Waals surface area (Å²) >= 11 is 0. The smallest absolute Gasteiger partial charge is 0.187 e. The van der Waals surface area contributed by atoms with Crippen molar-refractivity contribution in [2.24, 2.45) is 0 Å². The normalized spacial score (nSPS) is 11.1. The van der Waals surface area contributed by atoms with E-state index in [2.05, 4.69) is 68.4 Å². The zero-order chi connectivity index (χ0) is 23.6. The van der Waals surface area contributed by atoms with E-state index in [1.54, 1.807) is 6.20 Å². The van der Waals surface area contributed by atoms with Crippen molar-refractivity contribution in [1.82, 2.24) is 25.1 Å². The van der Waals surface area contributed by atoms with Crippen LogP contribution in [-0.2, 0) is 6.54 Å². The van der Waals surface area contributed by atoms with Crippen LogP contribution in [0, 0.1) is 0 Å². The van der Waals surface area contributed by atoms with Gasteiger partial charge in [-0.15, -0.1) is 0 Å². The van der Waals surface area contributed by atoms with Crippen molar-refractivity contribution >= 4 is 10.9 Å². The van der Waals surface area contributed by atoms with Gasteiger partial charge in [-0.05, 0) is 23.8 Å². The van der Waals surface area contributed by atoms with E-state index in [0.717, 1.165) is 45.4 Å². The van der Waals surface area contributed by atoms with Gasteiger partial charge in [0.25, 0.3) is 0 Å². The number of H-pyrrole nitrogens is 2. The number of aromatic nitrogens is 6. The highest BCUT2D eigenvalue weighted by molar-refractivity contribution is 5.97. The van der Waals surface area contributed by atoms with E-state index in [9.17, 15) is 0 Å². The summed E-state index contributed by atoms with van der Waals surface area (Å²) < 4.78 is 0. The SMILES string of the molecule is [NH3+]Cc1ccc(-c2nc3ccnc(-c4nc(-c5ccc[nH+]c5)n[nH]4)c3cc2-c2ccccc2)cc1. The van der Waals surface area contributed by atoms with Crippen LogP contribution in [-0.4, -0.2) is 25.1 Å². The molecule has 0 aliphatic heterocycles. The lowest BCUT2D eigenvalue weighted by atomic mass is 9.96. The van der Waals surface area contributed by atoms with Crippen LogP contribution in [0.3, 0.4) is 0 Å². The van der Waals surface area contributed by atoms with E-state index < -0.39 is 0 Å². The second-order valence-corrected chi connectivity index (χ2v) is 8.22. The fourth-order valence-electron chi connectivity index (χ4n) is 4.20. The van der Waals surface area contributed by atoms with Gasteiger partial charge in [0.15, 0.2) is 24.0 Å². The van der Waals surface area contributed by atoms with Crippen LogP contribution >= 0.6 is 0 Å². The topological polar surface area (TPSA) is 109 Å². The number of nitrogens with zero attached hydrogens (tertiary/aromatic N) is 4. The van der Waals surface area contributed by atoms with Gasteiger partial charge in [-0.1, -0.05) is 54.6 Å². The summed E-state index contributed by atoms with van der Waals surface area (Å²) in [5, 5.41) is 8.38. The van der Waals surface area contributed by atoms with Crippen LogP contribution in [0.25, 0.3) is 56.2 Å². The van der Waals surface area contributed by atoms with Crippen LogP contribution in [0.2, 0.25) is 0 Å². The molecule has 0 radical (unpaired) electrons. The van der Waals surface area contributed by atoms with Gasteiger partial charge in [0.1, 0.15) is 5.69 Å². The molecule has 6 aromatic rings. The molecule has 0 aliphatic carbocycles. The van der Waals surface area contributed by atoms with Gasteiger partial charge in [-0.25, -0.2) is 15.0 Å². The third kappa shape index (κ3) is 3.94. The van der Waals surface area contributed by atoms with Crippen molar-refractivity contribution in [3.05, 3.63) is 103 Å². The molecule has 6 rings (SSSR count). The van der Waals surface area contributed by atoms with E-state index in [1.165, 1.54) is 5.56 Å². The second kappa shape index (κ2) is 8.89. The first-order valence-electron chi connectivity index (χ1n) is 11.4. The number of benzene rings is 2. The van der Waals surface area contributed by atoms with Crippen LogP contribution in [0.5, 0.6) is 0 Å². The monoisotopic (exact) mass is 457 g/mol. The molecule has 0 amide bonds. The van der Waals surface area contributed by atoms with E-state index in [-0.39, 0.29) is 0 Å². The predicted octanol–water partition coefficient (Wildman–Crippen LogP) is 3.97. The third-order valence-corrected chi connectivity index (χ3v) is 6.02. The average Bonchev–Trinajstić information content (AvgIpc) is 3.43. The lowest BCUT2D eigenvalue weighted by molar-refractivity contribution is -0.386. The Kier molecular flexibility index (Phi) is 5.29. The molecule has 4 heterocycles. The Morgan fingerprint density at radius 2 is 1.63 bits per heavy atom. The molecule has 0 unspecified atom stereocenters. The number of quaternary nitrogens is 1. The Bertz CT molecular complexity index is 1610. The molecular weight excluding hydrogens is 434 g/mol. The van der Waals surface area contributed by atoms with Crippen molar-refractivity contribution in [3.8, 4) is 45.3 Å². The molecule has 0 fully saturated rings. The lowest BCUT2D eigenvalue weighted by Crippen LogP contribution is -2.47. The molecule has 7 heteroatoms. The summed E-state index contributed by atoms with van der Waals surface area (Å²) in [6, 6.07) is 26.7. The molecule has 7 nitrogen and oxygen atoms in total. The zero-order valence-corrected chi connectivity index (χ0v) is 18.9. The molecule has 168 valence electrons. The van der Waals surface area contributed by atoms with Gasteiger partial charge in [0.2, 0.25) is 0 Å². The molecular formula is C28H23N7+2. The predicted molar refractivity (Wildman–Crippen MR) is 134 cm³/mol. The Morgan fingerprint density at radius 1 is 0.800 bits per heavy atom. The molecule has 0 spiro atoms. The maximum absolute atomic E-state index is 5.11. The third-order valence-electron chi connectivity index (χ3n) is 6.02. The molecule has 0 saturated heterocycles. The quantitative estimate of drug-likeness (QED) is 0.408. The number of fused-ring (bicyclic) bond motifs is 1. The molecule has 0 saturated carbocycles. The summed E-state index contributed by atoms with van der Waals surface area (Å²) in [6.45, 7) is 0.756.